The van der Waals surface area contributed by atoms with Gasteiger partial charge in [-0.1, -0.05) is 100 Å². The predicted molar refractivity (Wildman–Crippen MR) is 102 cm³/mol. The molecule has 2 atom stereocenters. The molecule has 2 unspecified atom stereocenters. The van der Waals surface area contributed by atoms with Gasteiger partial charge in [0.25, 0.3) is 0 Å². The summed E-state index contributed by atoms with van der Waals surface area (Å²) in [5, 5.41) is 0. The maximum Gasteiger partial charge on any atom is 0.00401 e. The minimum absolute atomic E-state index is 1.17. The normalized spacial score (nSPS) is 26.5. The molecule has 4 heteroatoms. The van der Waals surface area contributed by atoms with Gasteiger partial charge in [0.15, 0.2) is 0 Å². The first-order valence-corrected chi connectivity index (χ1v) is 14.5. The Morgan fingerprint density at radius 2 is 1.00 bits per heavy atom. The minimum atomic E-state index is 1.17. The lowest BCUT2D eigenvalue weighted by atomic mass is 10.0. The first kappa shape index (κ1) is 18.6. The maximum atomic E-state index is 2.16. The number of rotatable bonds is 0. The molecule has 0 bridgehead atoms. The highest BCUT2D eigenvalue weighted by Crippen LogP contribution is 2.54. The highest BCUT2D eigenvalue weighted by molar-refractivity contribution is 9.02. The van der Waals surface area contributed by atoms with Gasteiger partial charge in [-0.15, -0.1) is 0 Å². The fraction of sp³-hybridized carbons (Fsp3) is 1.00. The third-order valence-corrected chi connectivity index (χ3v) is 12.8. The van der Waals surface area contributed by atoms with Crippen molar-refractivity contribution in [1.82, 2.24) is 0 Å². The third kappa shape index (κ3) is 14.3. The summed E-state index contributed by atoms with van der Waals surface area (Å²) in [6.45, 7) is 0. The van der Waals surface area contributed by atoms with Gasteiger partial charge in [-0.2, -0.15) is 0 Å². The largest absolute Gasteiger partial charge is 0.0895 e. The summed E-state index contributed by atoms with van der Waals surface area (Å²) in [5.41, 5.74) is 0. The van der Waals surface area contributed by atoms with Gasteiger partial charge >= 0.3 is 0 Å². The summed E-state index contributed by atoms with van der Waals surface area (Å²) in [6, 6.07) is 0. The first-order chi connectivity index (χ1) is 9.50. The fourth-order valence-electron chi connectivity index (χ4n) is 2.47. The molecular weight excluding hydrogens is 306 g/mol. The van der Waals surface area contributed by atoms with Crippen LogP contribution in [0.2, 0.25) is 0 Å². The minimum Gasteiger partial charge on any atom is -0.0895 e. The van der Waals surface area contributed by atoms with E-state index in [1.165, 1.54) is 111 Å². The van der Waals surface area contributed by atoms with Crippen molar-refractivity contribution in [3.8, 4) is 0 Å². The lowest BCUT2D eigenvalue weighted by Crippen LogP contribution is -1.84. The fourth-order valence-corrected chi connectivity index (χ4v) is 11.2. The molecule has 1 heterocycles. The monoisotopic (exact) mass is 338 g/mol. The second kappa shape index (κ2) is 15.9. The topological polar surface area (TPSA) is 0 Å². The van der Waals surface area contributed by atoms with Crippen LogP contribution in [0.25, 0.3) is 0 Å². The van der Waals surface area contributed by atoms with Gasteiger partial charge in [-0.25, -0.2) is 0 Å². The molecule has 1 fully saturated rings. The summed E-state index contributed by atoms with van der Waals surface area (Å²) in [5.74, 6) is 1.39. The second-order valence-corrected chi connectivity index (χ2v) is 13.6. The summed E-state index contributed by atoms with van der Waals surface area (Å²) in [6.07, 6.45) is 20.9. The molecule has 0 N–H and O–H groups in total. The quantitative estimate of drug-likeness (QED) is 0.329. The van der Waals surface area contributed by atoms with Crippen LogP contribution in [0.3, 0.4) is 0 Å². The lowest BCUT2D eigenvalue weighted by Gasteiger charge is -2.02. The molecule has 0 aromatic rings. The molecule has 1 rings (SSSR count). The zero-order valence-electron chi connectivity index (χ0n) is 12.4. The molecule has 0 spiro atoms. The van der Waals surface area contributed by atoms with Gasteiger partial charge in [-0.3, -0.25) is 0 Å². The molecule has 0 aromatic carbocycles. The standard InChI is InChI=1S/C15H32P2S2/c1-2-4-6-8-10-12-14-16-17-19-18-15-13-11-9-7-5-3-1/h16-17H,1-15H2. The van der Waals surface area contributed by atoms with Crippen molar-refractivity contribution in [2.45, 2.75) is 83.5 Å². The van der Waals surface area contributed by atoms with Crippen LogP contribution in [0.15, 0.2) is 0 Å². The molecule has 19 heavy (non-hydrogen) atoms. The van der Waals surface area contributed by atoms with E-state index in [1.54, 1.807) is 0 Å². The molecule has 0 radical (unpaired) electrons. The van der Waals surface area contributed by atoms with Crippen LogP contribution in [0.4, 0.5) is 0 Å². The van der Waals surface area contributed by atoms with Crippen LogP contribution in [-0.4, -0.2) is 11.9 Å². The Morgan fingerprint density at radius 1 is 0.526 bits per heavy atom. The molecule has 1 aliphatic heterocycles. The van der Waals surface area contributed by atoms with E-state index in [1.807, 2.05) is 0 Å². The molecular formula is C15H32P2S2. The molecule has 1 saturated heterocycles. The lowest BCUT2D eigenvalue weighted by molar-refractivity contribution is 0.543. The van der Waals surface area contributed by atoms with E-state index in [9.17, 15) is 0 Å². The second-order valence-electron chi connectivity index (χ2n) is 5.53. The maximum absolute atomic E-state index is 2.16. The van der Waals surface area contributed by atoms with Gasteiger partial charge in [-0.05, 0) is 26.5 Å². The zero-order valence-corrected chi connectivity index (χ0v) is 16.1. The summed E-state index contributed by atoms with van der Waals surface area (Å²) in [4.78, 5) is 0. The molecule has 0 saturated carbocycles. The van der Waals surface area contributed by atoms with Crippen molar-refractivity contribution in [3.63, 3.8) is 0 Å². The highest BCUT2D eigenvalue weighted by Gasteiger charge is 1.96. The number of hydrogen-bond donors (Lipinski definition) is 0. The Morgan fingerprint density at radius 3 is 1.58 bits per heavy atom. The number of hydrogen-bond acceptors (Lipinski definition) is 2. The van der Waals surface area contributed by atoms with E-state index >= 15 is 0 Å². The van der Waals surface area contributed by atoms with Crippen LogP contribution in [0.5, 0.6) is 0 Å². The van der Waals surface area contributed by atoms with Crippen molar-refractivity contribution in [3.05, 3.63) is 0 Å². The molecule has 0 aliphatic carbocycles. The van der Waals surface area contributed by atoms with Gasteiger partial charge in [0, 0.05) is 5.75 Å². The Labute approximate surface area is 132 Å². The van der Waals surface area contributed by atoms with Crippen LogP contribution in [-0.2, 0) is 0 Å². The van der Waals surface area contributed by atoms with Crippen molar-refractivity contribution >= 4 is 36.9 Å². The first-order valence-electron chi connectivity index (χ1n) is 8.26. The van der Waals surface area contributed by atoms with Crippen LogP contribution < -0.4 is 0 Å². The third-order valence-electron chi connectivity index (χ3n) is 3.70. The van der Waals surface area contributed by atoms with Crippen LogP contribution in [0.1, 0.15) is 83.5 Å². The average molecular weight is 339 g/mol. The van der Waals surface area contributed by atoms with E-state index in [4.69, 9.17) is 0 Å². The Kier molecular flexibility index (Phi) is 15.6. The van der Waals surface area contributed by atoms with Gasteiger partial charge in [0.2, 0.25) is 0 Å². The summed E-state index contributed by atoms with van der Waals surface area (Å²) in [7, 11) is 6.70. The van der Waals surface area contributed by atoms with E-state index in [-0.39, 0.29) is 0 Å². The van der Waals surface area contributed by atoms with Gasteiger partial charge in [0.1, 0.15) is 0 Å². The predicted octanol–water partition coefficient (Wildman–Crippen LogP) is 7.64. The Balaban J connectivity index is 2.01. The van der Waals surface area contributed by atoms with Crippen molar-refractivity contribution in [1.29, 1.82) is 0 Å². The molecule has 1 aliphatic rings. The van der Waals surface area contributed by atoms with Gasteiger partial charge in [0.05, 0.1) is 0 Å². The van der Waals surface area contributed by atoms with Crippen molar-refractivity contribution < 1.29 is 0 Å². The SMILES string of the molecule is C1CCCCCCCPPSSCCCCCCC1. The van der Waals surface area contributed by atoms with E-state index in [0.29, 0.717) is 0 Å². The summed E-state index contributed by atoms with van der Waals surface area (Å²) < 4.78 is 0. The smallest absolute Gasteiger partial charge is 0.00401 e. The van der Waals surface area contributed by atoms with Crippen molar-refractivity contribution in [2.75, 3.05) is 11.9 Å². The Hall–Kier alpha value is 1.56. The zero-order chi connectivity index (χ0) is 13.4. The van der Waals surface area contributed by atoms with Crippen LogP contribution >= 0.6 is 36.9 Å². The van der Waals surface area contributed by atoms with Crippen LogP contribution in [0, 0.1) is 0 Å². The Bertz CT molecular complexity index is 98.8. The molecule has 0 amide bonds. The summed E-state index contributed by atoms with van der Waals surface area (Å²) >= 11 is 0. The highest BCUT2D eigenvalue weighted by atomic mass is 33.4. The van der Waals surface area contributed by atoms with E-state index in [2.05, 4.69) is 21.2 Å². The molecule has 0 nitrogen and oxygen atoms in total. The van der Waals surface area contributed by atoms with Gasteiger partial charge < -0.3 is 0 Å². The van der Waals surface area contributed by atoms with Crippen molar-refractivity contribution in [2.24, 2.45) is 0 Å². The van der Waals surface area contributed by atoms with E-state index in [0.717, 1.165) is 0 Å². The molecule has 114 valence electrons. The van der Waals surface area contributed by atoms with E-state index < -0.39 is 0 Å². The molecule has 0 aromatic heterocycles. The average Bonchev–Trinajstić information content (AvgIpc) is 2.43.